The van der Waals surface area contributed by atoms with Crippen molar-refractivity contribution in [3.05, 3.63) is 66.2 Å². The number of fused-ring (bicyclic) bond motifs is 1. The van der Waals surface area contributed by atoms with Crippen LogP contribution in [-0.4, -0.2) is 8.75 Å². The molecule has 0 amide bonds. The van der Waals surface area contributed by atoms with Gasteiger partial charge in [-0.2, -0.15) is 21.9 Å². The van der Waals surface area contributed by atoms with Crippen molar-refractivity contribution in [2.75, 3.05) is 11.1 Å². The third-order valence-electron chi connectivity index (χ3n) is 4.10. The monoisotopic (exact) mass is 386 g/mol. The van der Waals surface area contributed by atoms with Crippen LogP contribution >= 0.6 is 11.7 Å². The van der Waals surface area contributed by atoms with Gasteiger partial charge >= 0.3 is 6.18 Å². The molecule has 0 atom stereocenters. The smallest absolute Gasteiger partial charge is 0.399 e. The van der Waals surface area contributed by atoms with Crippen molar-refractivity contribution in [3.8, 4) is 11.1 Å². The Kier molecular flexibility index (Phi) is 4.19. The zero-order valence-electron chi connectivity index (χ0n) is 13.8. The second-order valence-corrected chi connectivity index (χ2v) is 6.50. The number of alkyl halides is 3. The molecule has 0 spiro atoms. The first-order chi connectivity index (χ1) is 12.9. The maximum atomic E-state index is 12.7. The number of anilines is 3. The molecule has 0 aliphatic rings. The van der Waals surface area contributed by atoms with E-state index in [4.69, 9.17) is 5.73 Å². The van der Waals surface area contributed by atoms with Gasteiger partial charge in [-0.1, -0.05) is 6.07 Å². The van der Waals surface area contributed by atoms with Crippen LogP contribution in [0.4, 0.5) is 30.2 Å². The van der Waals surface area contributed by atoms with Crippen LogP contribution in [-0.2, 0) is 6.18 Å². The molecule has 3 aromatic carbocycles. The molecular weight excluding hydrogens is 373 g/mol. The maximum absolute atomic E-state index is 12.7. The average molecular weight is 386 g/mol. The van der Waals surface area contributed by atoms with Crippen molar-refractivity contribution in [1.29, 1.82) is 0 Å². The number of benzene rings is 3. The lowest BCUT2D eigenvalue weighted by molar-refractivity contribution is -0.137. The molecule has 4 aromatic rings. The van der Waals surface area contributed by atoms with E-state index < -0.39 is 11.7 Å². The van der Waals surface area contributed by atoms with Gasteiger partial charge in [0.2, 0.25) is 0 Å². The van der Waals surface area contributed by atoms with E-state index in [9.17, 15) is 13.2 Å². The number of hydrogen-bond acceptors (Lipinski definition) is 5. The van der Waals surface area contributed by atoms with Crippen molar-refractivity contribution in [3.63, 3.8) is 0 Å². The number of nitrogens with one attached hydrogen (secondary N) is 1. The van der Waals surface area contributed by atoms with Gasteiger partial charge in [-0.25, -0.2) is 0 Å². The highest BCUT2D eigenvalue weighted by Gasteiger charge is 2.29. The Morgan fingerprint density at radius 1 is 0.852 bits per heavy atom. The summed E-state index contributed by atoms with van der Waals surface area (Å²) in [5.74, 6) is 0. The molecule has 0 fully saturated rings. The van der Waals surface area contributed by atoms with Crippen molar-refractivity contribution in [1.82, 2.24) is 8.75 Å². The fraction of sp³-hybridized carbons (Fsp3) is 0.0526. The van der Waals surface area contributed by atoms with Crippen LogP contribution in [0, 0.1) is 0 Å². The number of hydrogen-bond donors (Lipinski definition) is 2. The van der Waals surface area contributed by atoms with Crippen LogP contribution in [0.5, 0.6) is 0 Å². The average Bonchev–Trinajstić information content (AvgIpc) is 3.10. The topological polar surface area (TPSA) is 63.8 Å². The molecule has 136 valence electrons. The minimum Gasteiger partial charge on any atom is -0.399 e. The molecule has 4 nitrogen and oxygen atoms in total. The Bertz CT molecular complexity index is 1100. The summed E-state index contributed by atoms with van der Waals surface area (Å²) >= 11 is 1.14. The molecule has 0 bridgehead atoms. The molecule has 0 unspecified atom stereocenters. The van der Waals surface area contributed by atoms with Crippen molar-refractivity contribution < 1.29 is 13.2 Å². The van der Waals surface area contributed by atoms with Crippen LogP contribution in [0.15, 0.2) is 60.7 Å². The van der Waals surface area contributed by atoms with Gasteiger partial charge in [0, 0.05) is 22.6 Å². The van der Waals surface area contributed by atoms with E-state index in [2.05, 4.69) is 14.1 Å². The highest BCUT2D eigenvalue weighted by molar-refractivity contribution is 7.00. The quantitative estimate of drug-likeness (QED) is 0.443. The Hall–Kier alpha value is -3.13. The van der Waals surface area contributed by atoms with Crippen LogP contribution in [0.3, 0.4) is 0 Å². The second kappa shape index (κ2) is 6.55. The minimum absolute atomic E-state index is 0.547. The molecule has 3 N–H and O–H groups in total. The maximum Gasteiger partial charge on any atom is 0.416 e. The van der Waals surface area contributed by atoms with Crippen molar-refractivity contribution in [2.45, 2.75) is 6.18 Å². The normalized spacial score (nSPS) is 11.7. The van der Waals surface area contributed by atoms with E-state index in [1.165, 1.54) is 12.1 Å². The molecule has 27 heavy (non-hydrogen) atoms. The molecule has 1 heterocycles. The Morgan fingerprint density at radius 3 is 2.33 bits per heavy atom. The fourth-order valence-electron chi connectivity index (χ4n) is 2.76. The van der Waals surface area contributed by atoms with Crippen molar-refractivity contribution in [2.24, 2.45) is 0 Å². The van der Waals surface area contributed by atoms with Crippen LogP contribution in [0.25, 0.3) is 22.2 Å². The lowest BCUT2D eigenvalue weighted by Crippen LogP contribution is -2.04. The van der Waals surface area contributed by atoms with Crippen molar-refractivity contribution >= 4 is 39.8 Å². The lowest BCUT2D eigenvalue weighted by atomic mass is 10.0. The zero-order chi connectivity index (χ0) is 19.0. The number of nitrogens with zero attached hydrogens (tertiary/aromatic N) is 2. The number of aromatic nitrogens is 2. The first kappa shape index (κ1) is 17.3. The largest absolute Gasteiger partial charge is 0.416 e. The molecule has 0 aliphatic heterocycles. The number of rotatable bonds is 3. The Morgan fingerprint density at radius 2 is 1.59 bits per heavy atom. The molecule has 0 aliphatic carbocycles. The summed E-state index contributed by atoms with van der Waals surface area (Å²) < 4.78 is 46.6. The molecule has 0 saturated carbocycles. The highest BCUT2D eigenvalue weighted by atomic mass is 32.1. The molecule has 1 aromatic heterocycles. The first-order valence-corrected chi connectivity index (χ1v) is 8.70. The molecule has 0 radical (unpaired) electrons. The summed E-state index contributed by atoms with van der Waals surface area (Å²) in [5.41, 5.74) is 10.4. The molecule has 8 heteroatoms. The van der Waals surface area contributed by atoms with Crippen LogP contribution in [0.2, 0.25) is 0 Å². The van der Waals surface area contributed by atoms with Gasteiger partial charge in [0.15, 0.2) is 0 Å². The van der Waals surface area contributed by atoms with Gasteiger partial charge < -0.3 is 11.1 Å². The summed E-state index contributed by atoms with van der Waals surface area (Å²) in [6, 6.07) is 15.9. The number of halogens is 3. The van der Waals surface area contributed by atoms with Crippen LogP contribution < -0.4 is 11.1 Å². The van der Waals surface area contributed by atoms with Gasteiger partial charge in [-0.05, 0) is 60.2 Å². The lowest BCUT2D eigenvalue weighted by Gasteiger charge is -2.14. The molecular formula is C19H13F3N4S. The van der Waals surface area contributed by atoms with Gasteiger partial charge in [0.25, 0.3) is 0 Å². The van der Waals surface area contributed by atoms with E-state index in [1.807, 2.05) is 24.3 Å². The summed E-state index contributed by atoms with van der Waals surface area (Å²) in [6.07, 6.45) is -4.36. The minimum atomic E-state index is -4.36. The number of nitrogen functional groups attached to an aromatic ring is 1. The summed E-state index contributed by atoms with van der Waals surface area (Å²) in [7, 11) is 0. The van der Waals surface area contributed by atoms with Gasteiger partial charge in [0.1, 0.15) is 11.0 Å². The predicted octanol–water partition coefficient (Wildman–Crippen LogP) is 5.70. The summed E-state index contributed by atoms with van der Waals surface area (Å²) in [5, 5.41) is 3.16. The summed E-state index contributed by atoms with van der Waals surface area (Å²) in [4.78, 5) is 0. The molecule has 0 saturated heterocycles. The van der Waals surface area contributed by atoms with E-state index >= 15 is 0 Å². The first-order valence-electron chi connectivity index (χ1n) is 7.97. The standard InChI is InChI=1S/C19H13F3N4S/c20-19(21,22)12-2-5-14(6-3-12)24-16-8-4-13(23)10-15(16)11-1-7-17-18(9-11)26-27-25-17/h1-10,24H,23H2. The molecule has 4 rings (SSSR count). The SMILES string of the molecule is Nc1ccc(Nc2ccc(C(F)(F)F)cc2)c(-c2ccc3nsnc3c2)c1. The van der Waals surface area contributed by atoms with E-state index in [0.29, 0.717) is 11.4 Å². The summed E-state index contributed by atoms with van der Waals surface area (Å²) in [6.45, 7) is 0. The van der Waals surface area contributed by atoms with Gasteiger partial charge in [-0.15, -0.1) is 0 Å². The number of nitrogens with two attached hydrogens (primary N) is 1. The fourth-order valence-corrected chi connectivity index (χ4v) is 3.27. The van der Waals surface area contributed by atoms with Crippen LogP contribution in [0.1, 0.15) is 5.56 Å². The van der Waals surface area contributed by atoms with Gasteiger partial charge in [0.05, 0.1) is 17.3 Å². The van der Waals surface area contributed by atoms with Gasteiger partial charge in [-0.3, -0.25) is 0 Å². The third kappa shape index (κ3) is 3.56. The Labute approximate surface area is 156 Å². The Balaban J connectivity index is 1.71. The second-order valence-electron chi connectivity index (χ2n) is 5.97. The predicted molar refractivity (Wildman–Crippen MR) is 102 cm³/mol. The van der Waals surface area contributed by atoms with E-state index in [1.54, 1.807) is 12.1 Å². The third-order valence-corrected chi connectivity index (χ3v) is 4.66. The van der Waals surface area contributed by atoms with E-state index in [0.717, 1.165) is 51.7 Å². The van der Waals surface area contributed by atoms with E-state index in [-0.39, 0.29) is 0 Å². The highest BCUT2D eigenvalue weighted by Crippen LogP contribution is 2.35. The zero-order valence-corrected chi connectivity index (χ0v) is 14.6.